The van der Waals surface area contributed by atoms with Gasteiger partial charge in [0.25, 0.3) is 0 Å². The van der Waals surface area contributed by atoms with Crippen molar-refractivity contribution in [3.8, 4) is 11.5 Å². The largest absolute Gasteiger partial charge is 0.493 e. The molecule has 7 nitrogen and oxygen atoms in total. The van der Waals surface area contributed by atoms with Gasteiger partial charge in [-0.05, 0) is 42.8 Å². The Morgan fingerprint density at radius 2 is 1.86 bits per heavy atom. The van der Waals surface area contributed by atoms with E-state index in [4.69, 9.17) is 9.47 Å². The standard InChI is InChI=1S/C21H22N4O3/c1-14(26)16-5-4-6-17(12-16)24-21-22-10-9-20(25-21)23-13-15-7-8-18(27-2)19(11-15)28-3/h4-12H,13H2,1-3H3,(H2,22,23,24,25). The number of hydrogen-bond donors (Lipinski definition) is 2. The molecule has 144 valence electrons. The Kier molecular flexibility index (Phi) is 6.06. The maximum Gasteiger partial charge on any atom is 0.229 e. The molecule has 0 atom stereocenters. The van der Waals surface area contributed by atoms with Crippen molar-refractivity contribution in [1.82, 2.24) is 9.97 Å². The number of ether oxygens (including phenoxy) is 2. The lowest BCUT2D eigenvalue weighted by molar-refractivity contribution is 0.101. The fourth-order valence-corrected chi connectivity index (χ4v) is 2.65. The van der Waals surface area contributed by atoms with Crippen LogP contribution in [0.5, 0.6) is 11.5 Å². The van der Waals surface area contributed by atoms with Crippen LogP contribution in [0, 0.1) is 0 Å². The van der Waals surface area contributed by atoms with Crippen LogP contribution in [-0.2, 0) is 6.54 Å². The molecule has 1 heterocycles. The molecule has 2 aromatic carbocycles. The Hall–Kier alpha value is -3.61. The van der Waals surface area contributed by atoms with Gasteiger partial charge in [-0.3, -0.25) is 4.79 Å². The third kappa shape index (κ3) is 4.76. The number of nitrogens with zero attached hydrogens (tertiary/aromatic N) is 2. The highest BCUT2D eigenvalue weighted by Crippen LogP contribution is 2.27. The smallest absolute Gasteiger partial charge is 0.229 e. The minimum atomic E-state index is 0.00917. The van der Waals surface area contributed by atoms with E-state index < -0.39 is 0 Å². The van der Waals surface area contributed by atoms with Crippen LogP contribution < -0.4 is 20.1 Å². The minimum Gasteiger partial charge on any atom is -0.493 e. The van der Waals surface area contributed by atoms with E-state index in [0.29, 0.717) is 35.4 Å². The van der Waals surface area contributed by atoms with Crippen molar-refractivity contribution in [3.05, 3.63) is 65.9 Å². The van der Waals surface area contributed by atoms with Crippen LogP contribution in [-0.4, -0.2) is 30.0 Å². The van der Waals surface area contributed by atoms with Crippen molar-refractivity contribution in [2.75, 3.05) is 24.9 Å². The summed E-state index contributed by atoms with van der Waals surface area (Å²) in [5, 5.41) is 6.38. The van der Waals surface area contributed by atoms with Crippen LogP contribution in [0.3, 0.4) is 0 Å². The van der Waals surface area contributed by atoms with E-state index >= 15 is 0 Å². The minimum absolute atomic E-state index is 0.00917. The molecular weight excluding hydrogens is 356 g/mol. The zero-order chi connectivity index (χ0) is 19.9. The number of aromatic nitrogens is 2. The van der Waals surface area contributed by atoms with Gasteiger partial charge in [-0.2, -0.15) is 4.98 Å². The van der Waals surface area contributed by atoms with Crippen molar-refractivity contribution in [3.63, 3.8) is 0 Å². The zero-order valence-corrected chi connectivity index (χ0v) is 16.0. The molecule has 0 radical (unpaired) electrons. The topological polar surface area (TPSA) is 85.4 Å². The first-order valence-electron chi connectivity index (χ1n) is 8.75. The lowest BCUT2D eigenvalue weighted by atomic mass is 10.1. The fraction of sp³-hybridized carbons (Fsp3) is 0.190. The number of hydrogen-bond acceptors (Lipinski definition) is 7. The van der Waals surface area contributed by atoms with Crippen molar-refractivity contribution >= 4 is 23.2 Å². The molecule has 0 fully saturated rings. The van der Waals surface area contributed by atoms with Crippen LogP contribution in [0.25, 0.3) is 0 Å². The van der Waals surface area contributed by atoms with Gasteiger partial charge >= 0.3 is 0 Å². The Morgan fingerprint density at radius 1 is 1.04 bits per heavy atom. The summed E-state index contributed by atoms with van der Waals surface area (Å²) in [6, 6.07) is 14.8. The number of carbonyl (C=O) groups is 1. The fourth-order valence-electron chi connectivity index (χ4n) is 2.65. The normalized spacial score (nSPS) is 10.2. The number of benzene rings is 2. The average Bonchev–Trinajstić information content (AvgIpc) is 2.72. The van der Waals surface area contributed by atoms with Crippen molar-refractivity contribution < 1.29 is 14.3 Å². The SMILES string of the molecule is COc1ccc(CNc2ccnc(Nc3cccc(C(C)=O)c3)n2)cc1OC. The number of carbonyl (C=O) groups excluding carboxylic acids is 1. The molecule has 0 bridgehead atoms. The van der Waals surface area contributed by atoms with Gasteiger partial charge in [0.1, 0.15) is 5.82 Å². The van der Waals surface area contributed by atoms with Gasteiger partial charge in [-0.15, -0.1) is 0 Å². The van der Waals surface area contributed by atoms with Crippen LogP contribution >= 0.6 is 0 Å². The molecule has 0 aliphatic heterocycles. The van der Waals surface area contributed by atoms with E-state index in [1.165, 1.54) is 6.92 Å². The van der Waals surface area contributed by atoms with Gasteiger partial charge in [-0.25, -0.2) is 4.98 Å². The number of rotatable bonds is 8. The predicted molar refractivity (Wildman–Crippen MR) is 109 cm³/mol. The Balaban J connectivity index is 1.68. The number of nitrogens with one attached hydrogen (secondary N) is 2. The summed E-state index contributed by atoms with van der Waals surface area (Å²) in [7, 11) is 3.22. The van der Waals surface area contributed by atoms with Crippen LogP contribution in [0.15, 0.2) is 54.7 Å². The highest BCUT2D eigenvalue weighted by Gasteiger charge is 2.06. The third-order valence-electron chi connectivity index (χ3n) is 4.10. The molecule has 2 N–H and O–H groups in total. The summed E-state index contributed by atoms with van der Waals surface area (Å²) < 4.78 is 10.6. The second kappa shape index (κ2) is 8.85. The summed E-state index contributed by atoms with van der Waals surface area (Å²) in [5.41, 5.74) is 2.41. The second-order valence-electron chi connectivity index (χ2n) is 6.07. The summed E-state index contributed by atoms with van der Waals surface area (Å²) in [4.78, 5) is 20.2. The third-order valence-corrected chi connectivity index (χ3v) is 4.10. The predicted octanol–water partition coefficient (Wildman–Crippen LogP) is 4.05. The van der Waals surface area contributed by atoms with Crippen LogP contribution in [0.1, 0.15) is 22.8 Å². The molecule has 0 amide bonds. The second-order valence-corrected chi connectivity index (χ2v) is 6.07. The number of methoxy groups -OCH3 is 2. The van der Waals surface area contributed by atoms with Crippen molar-refractivity contribution in [1.29, 1.82) is 0 Å². The molecule has 1 aromatic heterocycles. The van der Waals surface area contributed by atoms with E-state index in [0.717, 1.165) is 11.3 Å². The highest BCUT2D eigenvalue weighted by molar-refractivity contribution is 5.95. The molecule has 7 heteroatoms. The molecule has 0 spiro atoms. The maximum absolute atomic E-state index is 11.5. The summed E-state index contributed by atoms with van der Waals surface area (Å²) in [6.07, 6.45) is 1.67. The summed E-state index contributed by atoms with van der Waals surface area (Å²) in [5.74, 6) is 2.49. The first-order chi connectivity index (χ1) is 13.6. The zero-order valence-electron chi connectivity index (χ0n) is 16.0. The quantitative estimate of drug-likeness (QED) is 0.572. The molecule has 0 aliphatic carbocycles. The van der Waals surface area contributed by atoms with Crippen molar-refractivity contribution in [2.24, 2.45) is 0 Å². The lowest BCUT2D eigenvalue weighted by Gasteiger charge is -2.11. The highest BCUT2D eigenvalue weighted by atomic mass is 16.5. The van der Waals surface area contributed by atoms with Gasteiger partial charge in [0, 0.05) is 24.0 Å². The molecule has 0 unspecified atom stereocenters. The van der Waals surface area contributed by atoms with Gasteiger partial charge in [-0.1, -0.05) is 18.2 Å². The van der Waals surface area contributed by atoms with Gasteiger partial charge < -0.3 is 20.1 Å². The summed E-state index contributed by atoms with van der Waals surface area (Å²) in [6.45, 7) is 2.10. The first-order valence-corrected chi connectivity index (χ1v) is 8.75. The Labute approximate surface area is 163 Å². The van der Waals surface area contributed by atoms with E-state index in [2.05, 4.69) is 20.6 Å². The van der Waals surface area contributed by atoms with E-state index in [-0.39, 0.29) is 5.78 Å². The molecule has 3 aromatic rings. The van der Waals surface area contributed by atoms with Crippen molar-refractivity contribution in [2.45, 2.75) is 13.5 Å². The van der Waals surface area contributed by atoms with Crippen LogP contribution in [0.2, 0.25) is 0 Å². The molecule has 0 aliphatic rings. The van der Waals surface area contributed by atoms with E-state index in [9.17, 15) is 4.79 Å². The Morgan fingerprint density at radius 3 is 2.61 bits per heavy atom. The molecule has 0 saturated carbocycles. The van der Waals surface area contributed by atoms with E-state index in [1.807, 2.05) is 30.3 Å². The number of ketones is 1. The molecular formula is C21H22N4O3. The van der Waals surface area contributed by atoms with Crippen LogP contribution in [0.4, 0.5) is 17.5 Å². The number of anilines is 3. The monoisotopic (exact) mass is 378 g/mol. The first kappa shape index (κ1) is 19.2. The summed E-state index contributed by atoms with van der Waals surface area (Å²) >= 11 is 0. The lowest BCUT2D eigenvalue weighted by Crippen LogP contribution is -2.05. The van der Waals surface area contributed by atoms with Gasteiger partial charge in [0.15, 0.2) is 17.3 Å². The average molecular weight is 378 g/mol. The molecule has 28 heavy (non-hydrogen) atoms. The number of Topliss-reactive ketones (excluding diaryl/α,β-unsaturated/α-hetero) is 1. The molecule has 0 saturated heterocycles. The van der Waals surface area contributed by atoms with Gasteiger partial charge in [0.2, 0.25) is 5.95 Å². The molecule has 3 rings (SSSR count). The van der Waals surface area contributed by atoms with E-state index in [1.54, 1.807) is 38.6 Å². The Bertz CT molecular complexity index is 975. The maximum atomic E-state index is 11.5. The van der Waals surface area contributed by atoms with Gasteiger partial charge in [0.05, 0.1) is 14.2 Å².